The molecule has 0 amide bonds. The third-order valence-electron chi connectivity index (χ3n) is 6.34. The van der Waals surface area contributed by atoms with Crippen LogP contribution in [0.4, 0.5) is 5.00 Å². The van der Waals surface area contributed by atoms with Crippen molar-refractivity contribution in [1.29, 1.82) is 0 Å². The van der Waals surface area contributed by atoms with Crippen LogP contribution in [0.25, 0.3) is 11.3 Å². The summed E-state index contributed by atoms with van der Waals surface area (Å²) in [5.74, 6) is 1.99. The van der Waals surface area contributed by atoms with Crippen molar-refractivity contribution in [3.8, 4) is 22.8 Å². The van der Waals surface area contributed by atoms with Crippen molar-refractivity contribution in [2.24, 2.45) is 10.9 Å². The summed E-state index contributed by atoms with van der Waals surface area (Å²) in [4.78, 5) is 4.91. The molecule has 35 heavy (non-hydrogen) atoms. The topological polar surface area (TPSA) is 116 Å². The highest BCUT2D eigenvalue weighted by Crippen LogP contribution is 2.40. The van der Waals surface area contributed by atoms with Gasteiger partial charge in [-0.2, -0.15) is 0 Å². The number of benzene rings is 2. The molecule has 1 aliphatic carbocycles. The Morgan fingerprint density at radius 1 is 1.06 bits per heavy atom. The molecule has 3 aromatic rings. The maximum Gasteiger partial charge on any atom is 0.241 e. The summed E-state index contributed by atoms with van der Waals surface area (Å²) >= 11 is 1.63. The van der Waals surface area contributed by atoms with E-state index in [0.29, 0.717) is 17.2 Å². The highest BCUT2D eigenvalue weighted by Gasteiger charge is 2.21. The normalized spacial score (nSPS) is 15.6. The third-order valence-corrected chi connectivity index (χ3v) is 7.39. The van der Waals surface area contributed by atoms with Gasteiger partial charge >= 0.3 is 0 Å². The molecule has 1 heterocycles. The number of ether oxygens (including phenoxy) is 2. The number of aromatic nitrogens is 1. The van der Waals surface area contributed by atoms with E-state index in [9.17, 15) is 0 Å². The maximum atomic E-state index is 8.83. The number of thiazole rings is 1. The van der Waals surface area contributed by atoms with Gasteiger partial charge in [-0.25, -0.2) is 4.98 Å². The van der Waals surface area contributed by atoms with Gasteiger partial charge in [-0.3, -0.25) is 0 Å². The fraction of sp³-hybridized carbons (Fsp3) is 0.407. The standard InChI is InChI=1S/C27H34N4O3S/c1-2-3-9-23(34-22-16-12-19(13-17-22)25(28)31-32)33-21-14-10-18(11-15-21)24-26(29)35-27(30-24)20-7-5-4-6-8-20/h10-17,20,23,32H,2-9,29H2,1H3,(H2,28,31). The second kappa shape index (κ2) is 11.9. The van der Waals surface area contributed by atoms with Crippen LogP contribution < -0.4 is 20.9 Å². The summed E-state index contributed by atoms with van der Waals surface area (Å²) in [6.45, 7) is 2.14. The van der Waals surface area contributed by atoms with Crippen LogP contribution in [0.3, 0.4) is 0 Å². The molecule has 1 unspecified atom stereocenters. The van der Waals surface area contributed by atoms with Crippen LogP contribution in [0.2, 0.25) is 0 Å². The van der Waals surface area contributed by atoms with E-state index in [1.807, 2.05) is 24.3 Å². The predicted octanol–water partition coefficient (Wildman–Crippen LogP) is 6.51. The van der Waals surface area contributed by atoms with Gasteiger partial charge in [0, 0.05) is 23.5 Å². The van der Waals surface area contributed by atoms with Crippen molar-refractivity contribution in [2.75, 3.05) is 5.73 Å². The first-order valence-electron chi connectivity index (χ1n) is 12.3. The molecule has 0 bridgehead atoms. The van der Waals surface area contributed by atoms with Gasteiger partial charge < -0.3 is 26.1 Å². The fourth-order valence-electron chi connectivity index (χ4n) is 4.35. The van der Waals surface area contributed by atoms with Crippen LogP contribution in [0.15, 0.2) is 53.7 Å². The molecule has 0 aliphatic heterocycles. The molecule has 0 spiro atoms. The zero-order chi connectivity index (χ0) is 24.6. The van der Waals surface area contributed by atoms with Crippen LogP contribution in [0.5, 0.6) is 11.5 Å². The molecule has 1 saturated carbocycles. The summed E-state index contributed by atoms with van der Waals surface area (Å²) in [6, 6.07) is 15.0. The lowest BCUT2D eigenvalue weighted by atomic mass is 9.90. The molecule has 0 radical (unpaired) electrons. The lowest BCUT2D eigenvalue weighted by Gasteiger charge is -2.21. The largest absolute Gasteiger partial charge is 0.455 e. The van der Waals surface area contributed by atoms with Crippen molar-refractivity contribution >= 4 is 22.2 Å². The highest BCUT2D eigenvalue weighted by molar-refractivity contribution is 7.16. The lowest BCUT2D eigenvalue weighted by molar-refractivity contribution is -0.00211. The Morgan fingerprint density at radius 2 is 1.69 bits per heavy atom. The Balaban J connectivity index is 1.43. The van der Waals surface area contributed by atoms with Gasteiger partial charge in [0.05, 0.1) is 5.01 Å². The molecular weight excluding hydrogens is 460 g/mol. The first kappa shape index (κ1) is 24.9. The predicted molar refractivity (Wildman–Crippen MR) is 141 cm³/mol. The van der Waals surface area contributed by atoms with Gasteiger partial charge in [0.25, 0.3) is 0 Å². The molecule has 8 heteroatoms. The Bertz CT molecular complexity index is 1110. The average molecular weight is 495 g/mol. The van der Waals surface area contributed by atoms with E-state index in [1.54, 1.807) is 35.6 Å². The van der Waals surface area contributed by atoms with E-state index < -0.39 is 6.29 Å². The van der Waals surface area contributed by atoms with Crippen LogP contribution in [-0.2, 0) is 0 Å². The molecular formula is C27H34N4O3S. The summed E-state index contributed by atoms with van der Waals surface area (Å²) in [5, 5.41) is 13.8. The van der Waals surface area contributed by atoms with E-state index in [0.717, 1.165) is 41.3 Å². The monoisotopic (exact) mass is 494 g/mol. The quantitative estimate of drug-likeness (QED) is 0.0973. The number of anilines is 1. The number of amidine groups is 1. The zero-order valence-corrected chi connectivity index (χ0v) is 21.0. The van der Waals surface area contributed by atoms with Crippen molar-refractivity contribution in [2.45, 2.75) is 70.5 Å². The van der Waals surface area contributed by atoms with Crippen molar-refractivity contribution in [3.63, 3.8) is 0 Å². The molecule has 2 aromatic carbocycles. The summed E-state index contributed by atoms with van der Waals surface area (Å²) in [5.41, 5.74) is 14.5. The van der Waals surface area contributed by atoms with Crippen molar-refractivity contribution in [1.82, 2.24) is 4.98 Å². The second-order valence-electron chi connectivity index (χ2n) is 8.94. The van der Waals surface area contributed by atoms with Crippen LogP contribution >= 0.6 is 11.3 Å². The molecule has 0 saturated heterocycles. The average Bonchev–Trinajstić information content (AvgIpc) is 3.29. The highest BCUT2D eigenvalue weighted by atomic mass is 32.1. The molecule has 7 nitrogen and oxygen atoms in total. The Kier molecular flexibility index (Phi) is 8.47. The zero-order valence-electron chi connectivity index (χ0n) is 20.2. The van der Waals surface area contributed by atoms with Gasteiger partial charge in [0.15, 0.2) is 5.84 Å². The molecule has 1 atom stereocenters. The molecule has 1 fully saturated rings. The number of unbranched alkanes of at least 4 members (excludes halogenated alkanes) is 1. The van der Waals surface area contributed by atoms with Crippen molar-refractivity contribution < 1.29 is 14.7 Å². The van der Waals surface area contributed by atoms with E-state index >= 15 is 0 Å². The Hall–Kier alpha value is -3.26. The molecule has 1 aliphatic rings. The van der Waals surface area contributed by atoms with Gasteiger partial charge in [-0.1, -0.05) is 37.8 Å². The SMILES string of the molecule is CCCCC(Oc1ccc(C(N)=NO)cc1)Oc1ccc(-c2nc(C3CCCCC3)sc2N)cc1. The fourth-order valence-corrected chi connectivity index (χ4v) is 5.37. The van der Waals surface area contributed by atoms with Gasteiger partial charge in [0.2, 0.25) is 6.29 Å². The summed E-state index contributed by atoms with van der Waals surface area (Å²) in [6.07, 6.45) is 8.65. The number of rotatable bonds is 10. The molecule has 5 N–H and O–H groups in total. The van der Waals surface area contributed by atoms with Crippen molar-refractivity contribution in [3.05, 3.63) is 59.1 Å². The third kappa shape index (κ3) is 6.45. The minimum atomic E-state index is -0.433. The number of hydrogen-bond acceptors (Lipinski definition) is 7. The number of hydrogen-bond donors (Lipinski definition) is 3. The minimum absolute atomic E-state index is 0.0574. The van der Waals surface area contributed by atoms with Crippen LogP contribution in [-0.4, -0.2) is 22.3 Å². The van der Waals surface area contributed by atoms with Crippen LogP contribution in [0, 0.1) is 0 Å². The molecule has 1 aromatic heterocycles. The molecule has 4 rings (SSSR count). The van der Waals surface area contributed by atoms with E-state index in [2.05, 4.69) is 12.1 Å². The smallest absolute Gasteiger partial charge is 0.241 e. The minimum Gasteiger partial charge on any atom is -0.455 e. The summed E-state index contributed by atoms with van der Waals surface area (Å²) < 4.78 is 12.3. The van der Waals surface area contributed by atoms with Gasteiger partial charge in [-0.15, -0.1) is 11.3 Å². The number of nitrogen functional groups attached to an aromatic ring is 1. The van der Waals surface area contributed by atoms with Crippen LogP contribution in [0.1, 0.15) is 74.8 Å². The number of nitrogens with zero attached hydrogens (tertiary/aromatic N) is 2. The maximum absolute atomic E-state index is 8.83. The van der Waals surface area contributed by atoms with E-state index in [1.165, 1.54) is 37.1 Å². The first-order chi connectivity index (χ1) is 17.1. The lowest BCUT2D eigenvalue weighted by Crippen LogP contribution is -2.24. The Morgan fingerprint density at radius 3 is 2.29 bits per heavy atom. The number of oxime groups is 1. The second-order valence-corrected chi connectivity index (χ2v) is 10.0. The number of nitrogens with two attached hydrogens (primary N) is 2. The molecule has 186 valence electrons. The Labute approximate surface area is 210 Å². The first-order valence-corrected chi connectivity index (χ1v) is 13.2. The van der Waals surface area contributed by atoms with E-state index in [4.69, 9.17) is 31.1 Å². The van der Waals surface area contributed by atoms with E-state index in [-0.39, 0.29) is 5.84 Å². The van der Waals surface area contributed by atoms with Gasteiger partial charge in [-0.05, 0) is 67.8 Å². The summed E-state index contributed by atoms with van der Waals surface area (Å²) in [7, 11) is 0. The van der Waals surface area contributed by atoms with Gasteiger partial charge in [0.1, 0.15) is 22.2 Å².